The minimum Gasteiger partial charge on any atom is -0.379 e. The van der Waals surface area contributed by atoms with Crippen LogP contribution in [-0.2, 0) is 4.74 Å². The van der Waals surface area contributed by atoms with Crippen LogP contribution in [0.1, 0.15) is 6.42 Å². The fraction of sp³-hybridized carbons (Fsp3) is 0.368. The third-order valence-corrected chi connectivity index (χ3v) is 4.10. The summed E-state index contributed by atoms with van der Waals surface area (Å²) in [5, 5.41) is 0. The Kier molecular flexibility index (Phi) is 5.46. The predicted octanol–water partition coefficient (Wildman–Crippen LogP) is 3.55. The summed E-state index contributed by atoms with van der Waals surface area (Å²) in [5.74, 6) is 0. The van der Waals surface area contributed by atoms with Gasteiger partial charge in [-0.05, 0) is 30.7 Å². The maximum atomic E-state index is 5.41. The van der Waals surface area contributed by atoms with Crippen LogP contribution in [0.15, 0.2) is 60.7 Å². The zero-order valence-electron chi connectivity index (χ0n) is 13.0. The van der Waals surface area contributed by atoms with E-state index in [9.17, 15) is 0 Å². The van der Waals surface area contributed by atoms with E-state index in [4.69, 9.17) is 4.74 Å². The highest BCUT2D eigenvalue weighted by molar-refractivity contribution is 5.62. The molecular formula is C19H24N2O. The number of nitrogens with zero attached hydrogens (tertiary/aromatic N) is 2. The number of morpholine rings is 1. The number of hydrogen-bond donors (Lipinski definition) is 0. The fourth-order valence-corrected chi connectivity index (χ4v) is 2.90. The van der Waals surface area contributed by atoms with Crippen molar-refractivity contribution >= 4 is 11.4 Å². The first-order valence-corrected chi connectivity index (χ1v) is 8.11. The van der Waals surface area contributed by atoms with E-state index in [0.717, 1.165) is 45.8 Å². The van der Waals surface area contributed by atoms with Crippen LogP contribution in [0.5, 0.6) is 0 Å². The molecule has 2 aromatic rings. The summed E-state index contributed by atoms with van der Waals surface area (Å²) in [7, 11) is 0. The zero-order valence-corrected chi connectivity index (χ0v) is 13.0. The molecule has 1 fully saturated rings. The molecule has 2 aromatic carbocycles. The van der Waals surface area contributed by atoms with E-state index in [1.807, 2.05) is 0 Å². The van der Waals surface area contributed by atoms with Gasteiger partial charge in [0.05, 0.1) is 13.2 Å². The lowest BCUT2D eigenvalue weighted by atomic mass is 10.2. The third-order valence-electron chi connectivity index (χ3n) is 4.10. The van der Waals surface area contributed by atoms with Crippen molar-refractivity contribution in [2.75, 3.05) is 44.3 Å². The van der Waals surface area contributed by atoms with Gasteiger partial charge in [0.2, 0.25) is 0 Å². The van der Waals surface area contributed by atoms with Gasteiger partial charge in [-0.3, -0.25) is 4.90 Å². The van der Waals surface area contributed by atoms with Gasteiger partial charge in [-0.25, -0.2) is 0 Å². The maximum Gasteiger partial charge on any atom is 0.0594 e. The Balaban J connectivity index is 1.64. The van der Waals surface area contributed by atoms with Gasteiger partial charge in [-0.2, -0.15) is 0 Å². The van der Waals surface area contributed by atoms with Gasteiger partial charge in [0.25, 0.3) is 0 Å². The summed E-state index contributed by atoms with van der Waals surface area (Å²) in [4.78, 5) is 4.90. The van der Waals surface area contributed by atoms with Crippen molar-refractivity contribution in [1.82, 2.24) is 4.90 Å². The molecular weight excluding hydrogens is 272 g/mol. The lowest BCUT2D eigenvalue weighted by molar-refractivity contribution is 0.0377. The summed E-state index contributed by atoms with van der Waals surface area (Å²) in [5.41, 5.74) is 2.52. The van der Waals surface area contributed by atoms with Gasteiger partial charge >= 0.3 is 0 Å². The quantitative estimate of drug-likeness (QED) is 0.811. The minimum absolute atomic E-state index is 0.876. The highest BCUT2D eigenvalue weighted by Crippen LogP contribution is 2.24. The van der Waals surface area contributed by atoms with Crippen LogP contribution in [0, 0.1) is 0 Å². The van der Waals surface area contributed by atoms with Crippen LogP contribution in [0.3, 0.4) is 0 Å². The first-order valence-electron chi connectivity index (χ1n) is 8.11. The van der Waals surface area contributed by atoms with Gasteiger partial charge in [-0.1, -0.05) is 36.4 Å². The van der Waals surface area contributed by atoms with Crippen LogP contribution in [0.2, 0.25) is 0 Å². The largest absolute Gasteiger partial charge is 0.379 e. The summed E-state index contributed by atoms with van der Waals surface area (Å²) < 4.78 is 5.41. The number of rotatable bonds is 6. The van der Waals surface area contributed by atoms with Crippen LogP contribution >= 0.6 is 0 Å². The van der Waals surface area contributed by atoms with Crippen LogP contribution < -0.4 is 4.90 Å². The van der Waals surface area contributed by atoms with E-state index in [1.54, 1.807) is 0 Å². The molecule has 0 saturated carbocycles. The van der Waals surface area contributed by atoms with E-state index in [-0.39, 0.29) is 0 Å². The van der Waals surface area contributed by atoms with Crippen molar-refractivity contribution in [3.63, 3.8) is 0 Å². The van der Waals surface area contributed by atoms with E-state index < -0.39 is 0 Å². The number of ether oxygens (including phenoxy) is 1. The number of benzene rings is 2. The molecule has 3 heteroatoms. The normalized spacial score (nSPS) is 15.6. The van der Waals surface area contributed by atoms with Crippen molar-refractivity contribution in [2.24, 2.45) is 0 Å². The highest BCUT2D eigenvalue weighted by atomic mass is 16.5. The Morgan fingerprint density at radius 2 is 1.36 bits per heavy atom. The van der Waals surface area contributed by atoms with Gasteiger partial charge in [0.15, 0.2) is 0 Å². The highest BCUT2D eigenvalue weighted by Gasteiger charge is 2.12. The van der Waals surface area contributed by atoms with Gasteiger partial charge in [0.1, 0.15) is 0 Å². The molecule has 1 aliphatic rings. The Morgan fingerprint density at radius 1 is 0.818 bits per heavy atom. The van der Waals surface area contributed by atoms with Crippen molar-refractivity contribution in [1.29, 1.82) is 0 Å². The van der Waals surface area contributed by atoms with E-state index in [1.165, 1.54) is 11.4 Å². The van der Waals surface area contributed by atoms with Gasteiger partial charge < -0.3 is 9.64 Å². The zero-order chi connectivity index (χ0) is 15.0. The van der Waals surface area contributed by atoms with Crippen molar-refractivity contribution in [3.8, 4) is 0 Å². The molecule has 0 aromatic heterocycles. The Labute approximate surface area is 133 Å². The first-order chi connectivity index (χ1) is 10.9. The second-order valence-electron chi connectivity index (χ2n) is 5.63. The molecule has 0 amide bonds. The number of hydrogen-bond acceptors (Lipinski definition) is 3. The topological polar surface area (TPSA) is 15.7 Å². The van der Waals surface area contributed by atoms with Gasteiger partial charge in [0, 0.05) is 37.6 Å². The third kappa shape index (κ3) is 4.09. The molecule has 0 unspecified atom stereocenters. The molecule has 3 rings (SSSR count). The summed E-state index contributed by atoms with van der Waals surface area (Å²) in [6, 6.07) is 21.3. The number of anilines is 2. The predicted molar refractivity (Wildman–Crippen MR) is 91.8 cm³/mol. The van der Waals surface area contributed by atoms with Crippen LogP contribution in [0.4, 0.5) is 11.4 Å². The second kappa shape index (κ2) is 7.97. The SMILES string of the molecule is c1ccc(N(CCCN2CCOCC2)c2ccccc2)cc1. The fourth-order valence-electron chi connectivity index (χ4n) is 2.90. The van der Waals surface area contributed by atoms with Crippen LogP contribution in [0.25, 0.3) is 0 Å². The second-order valence-corrected chi connectivity index (χ2v) is 5.63. The Hall–Kier alpha value is -1.84. The Bertz CT molecular complexity index is 498. The molecule has 22 heavy (non-hydrogen) atoms. The molecule has 1 heterocycles. The van der Waals surface area contributed by atoms with E-state index in [0.29, 0.717) is 0 Å². The lowest BCUT2D eigenvalue weighted by Gasteiger charge is -2.29. The molecule has 1 aliphatic heterocycles. The molecule has 1 saturated heterocycles. The average molecular weight is 296 g/mol. The van der Waals surface area contributed by atoms with E-state index >= 15 is 0 Å². The minimum atomic E-state index is 0.876. The summed E-state index contributed by atoms with van der Waals surface area (Å²) in [6.45, 7) is 6.06. The first kappa shape index (κ1) is 15.1. The van der Waals surface area contributed by atoms with Crippen molar-refractivity contribution < 1.29 is 4.74 Å². The number of para-hydroxylation sites is 2. The molecule has 0 atom stereocenters. The van der Waals surface area contributed by atoms with E-state index in [2.05, 4.69) is 70.5 Å². The van der Waals surface area contributed by atoms with Crippen molar-refractivity contribution in [2.45, 2.75) is 6.42 Å². The molecule has 3 nitrogen and oxygen atoms in total. The summed E-state index contributed by atoms with van der Waals surface area (Å²) >= 11 is 0. The molecule has 0 radical (unpaired) electrons. The Morgan fingerprint density at radius 3 is 1.91 bits per heavy atom. The van der Waals surface area contributed by atoms with Crippen LogP contribution in [-0.4, -0.2) is 44.3 Å². The van der Waals surface area contributed by atoms with Gasteiger partial charge in [-0.15, -0.1) is 0 Å². The molecule has 116 valence electrons. The molecule has 0 spiro atoms. The monoisotopic (exact) mass is 296 g/mol. The molecule has 0 aliphatic carbocycles. The smallest absolute Gasteiger partial charge is 0.0594 e. The average Bonchev–Trinajstić information content (AvgIpc) is 2.61. The summed E-state index contributed by atoms with van der Waals surface area (Å²) in [6.07, 6.45) is 1.16. The molecule has 0 bridgehead atoms. The van der Waals surface area contributed by atoms with Crippen molar-refractivity contribution in [3.05, 3.63) is 60.7 Å². The lowest BCUT2D eigenvalue weighted by Crippen LogP contribution is -2.37. The standard InChI is InChI=1S/C19H24N2O/c1-3-8-18(9-4-1)21(19-10-5-2-6-11-19)13-7-12-20-14-16-22-17-15-20/h1-6,8-11H,7,12-17H2. The maximum absolute atomic E-state index is 5.41. The molecule has 0 N–H and O–H groups in total.